The summed E-state index contributed by atoms with van der Waals surface area (Å²) in [5.74, 6) is -0.975. The van der Waals surface area contributed by atoms with Crippen molar-refractivity contribution in [3.05, 3.63) is 76.5 Å². The Bertz CT molecular complexity index is 1280. The van der Waals surface area contributed by atoms with E-state index in [1.54, 1.807) is 6.92 Å². The van der Waals surface area contributed by atoms with Gasteiger partial charge in [-0.1, -0.05) is 23.4 Å². The predicted molar refractivity (Wildman–Crippen MR) is 121 cm³/mol. The third-order valence-corrected chi connectivity index (χ3v) is 7.59. The van der Waals surface area contributed by atoms with E-state index in [1.165, 1.54) is 54.7 Å². The highest BCUT2D eigenvalue weighted by Crippen LogP contribution is 2.71. The number of amides is 1. The van der Waals surface area contributed by atoms with Gasteiger partial charge in [0, 0.05) is 23.4 Å². The molecular formula is C22H18ClF2N5O2S. The van der Waals surface area contributed by atoms with Crippen molar-refractivity contribution >= 4 is 40.1 Å². The molecule has 1 amide bonds. The molecule has 2 aliphatic rings. The number of fused-ring (bicyclic) bond motifs is 1. The molecule has 11 heteroatoms. The van der Waals surface area contributed by atoms with Crippen molar-refractivity contribution in [1.82, 2.24) is 9.97 Å². The molecule has 3 N–H and O–H groups in total. The summed E-state index contributed by atoms with van der Waals surface area (Å²) in [5, 5.41) is 3.19. The molecule has 1 aliphatic heterocycles. The summed E-state index contributed by atoms with van der Waals surface area (Å²) in [6.45, 7) is 0.824. The van der Waals surface area contributed by atoms with Crippen molar-refractivity contribution in [1.29, 1.82) is 0 Å². The topological polar surface area (TPSA) is 106 Å². The Balaban J connectivity index is 1.52. The van der Waals surface area contributed by atoms with Crippen LogP contribution in [0.3, 0.4) is 0 Å². The first-order chi connectivity index (χ1) is 15.8. The molecule has 1 aliphatic carbocycles. The lowest BCUT2D eigenvalue weighted by Crippen LogP contribution is -2.39. The van der Waals surface area contributed by atoms with Crippen molar-refractivity contribution < 1.29 is 18.0 Å². The van der Waals surface area contributed by atoms with E-state index in [2.05, 4.69) is 20.3 Å². The molecule has 0 bridgehead atoms. The number of hydrogen-bond donors (Lipinski definition) is 2. The maximum absolute atomic E-state index is 15.1. The molecule has 0 radical (unpaired) electrons. The maximum atomic E-state index is 15.1. The van der Waals surface area contributed by atoms with Crippen LogP contribution in [-0.2, 0) is 10.3 Å². The molecule has 2 aromatic heterocycles. The Morgan fingerprint density at radius 3 is 2.85 bits per heavy atom. The van der Waals surface area contributed by atoms with Gasteiger partial charge < -0.3 is 15.5 Å². The summed E-state index contributed by atoms with van der Waals surface area (Å²) in [6, 6.07) is 6.96. The lowest BCUT2D eigenvalue weighted by molar-refractivity contribution is 0.102. The van der Waals surface area contributed by atoms with Gasteiger partial charge in [-0.05, 0) is 43.7 Å². The number of carbonyl (C=O) groups excluding carboxylic acids is 1. The largest absolute Gasteiger partial charge is 0.447 e. The first-order valence-corrected chi connectivity index (χ1v) is 11.2. The molecule has 7 nitrogen and oxygen atoms in total. The van der Waals surface area contributed by atoms with E-state index in [9.17, 15) is 9.18 Å². The van der Waals surface area contributed by atoms with Crippen LogP contribution in [0.15, 0.2) is 52.3 Å². The molecule has 1 fully saturated rings. The molecule has 3 aromatic rings. The number of thioether (sulfide) groups is 1. The summed E-state index contributed by atoms with van der Waals surface area (Å²) in [6.07, 6.45) is 3.17. The van der Waals surface area contributed by atoms with E-state index in [0.29, 0.717) is 22.9 Å². The Labute approximate surface area is 196 Å². The number of alkyl halides is 1. The van der Waals surface area contributed by atoms with E-state index in [0.717, 1.165) is 0 Å². The molecule has 5 rings (SSSR count). The van der Waals surface area contributed by atoms with Crippen molar-refractivity contribution in [2.75, 3.05) is 12.0 Å². The number of aliphatic imine (C=N–C) groups is 1. The zero-order chi connectivity index (χ0) is 23.4. The number of halogens is 3. The number of pyridine rings is 1. The first-order valence-electron chi connectivity index (χ1n) is 10.0. The molecule has 1 aromatic carbocycles. The third-order valence-electron chi connectivity index (χ3n) is 6.07. The van der Waals surface area contributed by atoms with Gasteiger partial charge in [0.15, 0.2) is 11.6 Å². The van der Waals surface area contributed by atoms with Crippen LogP contribution in [-0.4, -0.2) is 27.7 Å². The van der Waals surface area contributed by atoms with Crippen LogP contribution in [0.1, 0.15) is 33.9 Å². The fourth-order valence-electron chi connectivity index (χ4n) is 4.48. The minimum absolute atomic E-state index is 0.0131. The molecule has 1 saturated carbocycles. The number of oxazole rings is 1. The van der Waals surface area contributed by atoms with Crippen LogP contribution < -0.4 is 11.1 Å². The van der Waals surface area contributed by atoms with Crippen LogP contribution in [0.25, 0.3) is 0 Å². The molecule has 3 heterocycles. The van der Waals surface area contributed by atoms with Crippen molar-refractivity contribution in [3.63, 3.8) is 0 Å². The molecular weight excluding hydrogens is 472 g/mol. The SMILES string of the molecule is Cc1ncoc1[C@]12C[C@H]1[C@@](CF)(c1cc(NC(=O)c3ccc(Cl)cn3)ccc1F)N=C(N)S2. The number of rotatable bonds is 5. The zero-order valence-electron chi connectivity index (χ0n) is 17.3. The number of aromatic nitrogens is 2. The summed E-state index contributed by atoms with van der Waals surface area (Å²) in [4.78, 5) is 25.1. The van der Waals surface area contributed by atoms with E-state index in [4.69, 9.17) is 21.8 Å². The number of nitrogens with zero attached hydrogens (tertiary/aromatic N) is 3. The highest BCUT2D eigenvalue weighted by Gasteiger charge is 2.71. The molecule has 0 unspecified atom stereocenters. The minimum atomic E-state index is -1.56. The summed E-state index contributed by atoms with van der Waals surface area (Å²) < 4.78 is 34.8. The van der Waals surface area contributed by atoms with Gasteiger partial charge in [0.2, 0.25) is 0 Å². The Kier molecular flexibility index (Phi) is 5.17. The number of carbonyl (C=O) groups is 1. The Morgan fingerprint density at radius 1 is 1.36 bits per heavy atom. The summed E-state index contributed by atoms with van der Waals surface area (Å²) >= 11 is 7.10. The van der Waals surface area contributed by atoms with E-state index < -0.39 is 34.6 Å². The molecule has 33 heavy (non-hydrogen) atoms. The van der Waals surface area contributed by atoms with Gasteiger partial charge in [-0.3, -0.25) is 4.79 Å². The molecule has 3 atom stereocenters. The zero-order valence-corrected chi connectivity index (χ0v) is 18.9. The number of anilines is 1. The van der Waals surface area contributed by atoms with E-state index in [-0.39, 0.29) is 22.1 Å². The van der Waals surface area contributed by atoms with Gasteiger partial charge >= 0.3 is 0 Å². The van der Waals surface area contributed by atoms with Gasteiger partial charge in [-0.15, -0.1) is 0 Å². The van der Waals surface area contributed by atoms with E-state index in [1.807, 2.05) is 0 Å². The Hall–Kier alpha value is -2.98. The normalized spacial score (nSPS) is 25.8. The monoisotopic (exact) mass is 489 g/mol. The predicted octanol–water partition coefficient (Wildman–Crippen LogP) is 4.56. The van der Waals surface area contributed by atoms with Gasteiger partial charge in [-0.25, -0.2) is 23.7 Å². The van der Waals surface area contributed by atoms with Crippen LogP contribution in [0.5, 0.6) is 0 Å². The van der Waals surface area contributed by atoms with Gasteiger partial charge in [-0.2, -0.15) is 0 Å². The summed E-state index contributed by atoms with van der Waals surface area (Å²) in [7, 11) is 0. The highest BCUT2D eigenvalue weighted by atomic mass is 35.5. The van der Waals surface area contributed by atoms with Crippen LogP contribution >= 0.6 is 23.4 Å². The number of nitrogens with two attached hydrogens (primary N) is 1. The van der Waals surface area contributed by atoms with E-state index >= 15 is 4.39 Å². The number of amidine groups is 1. The average Bonchev–Trinajstić information content (AvgIpc) is 3.37. The standard InChI is InChI=1S/C22H18ClF2N5O2S/c1-11-18(32-10-28-11)22-7-17(22)21(9-24,30-20(26)33-22)14-6-13(3-4-15(14)25)29-19(31)16-5-2-12(23)8-27-16/h2-6,8,10,17H,7,9H2,1H3,(H2,26,30)(H,29,31)/t17-,21+,22-/m0/s1. The Morgan fingerprint density at radius 2 is 2.18 bits per heavy atom. The van der Waals surface area contributed by atoms with Crippen molar-refractivity contribution in [3.8, 4) is 0 Å². The molecule has 0 saturated heterocycles. The maximum Gasteiger partial charge on any atom is 0.274 e. The smallest absolute Gasteiger partial charge is 0.274 e. The lowest BCUT2D eigenvalue weighted by Gasteiger charge is -2.34. The number of aryl methyl sites for hydroxylation is 1. The number of benzene rings is 1. The van der Waals surface area contributed by atoms with Crippen molar-refractivity contribution in [2.24, 2.45) is 16.6 Å². The number of nitrogens with one attached hydrogen (secondary N) is 1. The number of hydrogen-bond acceptors (Lipinski definition) is 7. The third kappa shape index (κ3) is 3.48. The lowest BCUT2D eigenvalue weighted by atomic mass is 9.84. The second kappa shape index (κ2) is 7.81. The fraction of sp³-hybridized carbons (Fsp3) is 0.273. The second-order valence-corrected chi connectivity index (χ2v) is 9.82. The van der Waals surface area contributed by atoms with Crippen LogP contribution in [0.4, 0.5) is 14.5 Å². The van der Waals surface area contributed by atoms with Gasteiger partial charge in [0.05, 0.1) is 15.5 Å². The molecule has 0 spiro atoms. The quantitative estimate of drug-likeness (QED) is 0.544. The second-order valence-electron chi connectivity index (χ2n) is 8.03. The van der Waals surface area contributed by atoms with Gasteiger partial charge in [0.25, 0.3) is 5.91 Å². The van der Waals surface area contributed by atoms with Crippen LogP contribution in [0, 0.1) is 18.7 Å². The van der Waals surface area contributed by atoms with Gasteiger partial charge in [0.1, 0.15) is 29.5 Å². The minimum Gasteiger partial charge on any atom is -0.447 e. The van der Waals surface area contributed by atoms with Crippen LogP contribution in [0.2, 0.25) is 5.02 Å². The van der Waals surface area contributed by atoms with Crippen molar-refractivity contribution in [2.45, 2.75) is 23.6 Å². The first kappa shape index (κ1) is 21.8. The average molecular weight is 490 g/mol. The fourth-order valence-corrected chi connectivity index (χ4v) is 6.05. The molecule has 170 valence electrons. The summed E-state index contributed by atoms with van der Waals surface area (Å²) in [5.41, 5.74) is 5.64. The highest BCUT2D eigenvalue weighted by molar-refractivity contribution is 8.14.